The van der Waals surface area contributed by atoms with Crippen LogP contribution in [0.5, 0.6) is 0 Å². The maximum absolute atomic E-state index is 10.7. The van der Waals surface area contributed by atoms with Crippen LogP contribution in [0, 0.1) is 0 Å². The Hall–Kier alpha value is -0.610. The zero-order chi connectivity index (χ0) is 10.6. The minimum atomic E-state index is -0.238. The topological polar surface area (TPSA) is 81.1 Å². The van der Waals surface area contributed by atoms with E-state index in [1.165, 1.54) is 0 Å². The number of nitrogens with two attached hydrogens (primary N) is 2. The molecule has 4 nitrogen and oxygen atoms in total. The summed E-state index contributed by atoms with van der Waals surface area (Å²) >= 11 is 0. The highest BCUT2D eigenvalue weighted by Gasteiger charge is 2.19. The number of carbonyl (C=O) groups excluding carboxylic acids is 1. The molecule has 5 N–H and O–H groups in total. The van der Waals surface area contributed by atoms with Gasteiger partial charge in [0.05, 0.1) is 0 Å². The van der Waals surface area contributed by atoms with E-state index >= 15 is 0 Å². The Morgan fingerprint density at radius 3 is 2.50 bits per heavy atom. The second-order valence-corrected chi connectivity index (χ2v) is 4.35. The lowest BCUT2D eigenvalue weighted by Gasteiger charge is -2.29. The van der Waals surface area contributed by atoms with Crippen molar-refractivity contribution in [3.8, 4) is 0 Å². The molecule has 1 unspecified atom stereocenters. The summed E-state index contributed by atoms with van der Waals surface area (Å²) in [6.07, 6.45) is 4.82. The van der Waals surface area contributed by atoms with Gasteiger partial charge in [-0.25, -0.2) is 0 Å². The Bertz CT molecular complexity index is 188. The van der Waals surface area contributed by atoms with Crippen LogP contribution in [0.25, 0.3) is 0 Å². The number of carbonyl (C=O) groups is 1. The number of nitrogens with one attached hydrogen (secondary N) is 1. The molecule has 0 saturated heterocycles. The van der Waals surface area contributed by atoms with Crippen LogP contribution in [0.4, 0.5) is 0 Å². The van der Waals surface area contributed by atoms with Crippen molar-refractivity contribution in [1.29, 1.82) is 0 Å². The van der Waals surface area contributed by atoms with E-state index in [4.69, 9.17) is 11.5 Å². The van der Waals surface area contributed by atoms with Gasteiger partial charge in [-0.05, 0) is 32.6 Å². The summed E-state index contributed by atoms with van der Waals surface area (Å²) in [6, 6.07) is 1.08. The fourth-order valence-electron chi connectivity index (χ4n) is 2.05. The van der Waals surface area contributed by atoms with Crippen LogP contribution in [-0.2, 0) is 4.79 Å². The molecule has 0 radical (unpaired) electrons. The maximum atomic E-state index is 10.7. The second kappa shape index (κ2) is 5.32. The van der Waals surface area contributed by atoms with Crippen LogP contribution >= 0.6 is 0 Å². The van der Waals surface area contributed by atoms with Gasteiger partial charge in [0.15, 0.2) is 0 Å². The minimum Gasteiger partial charge on any atom is -0.370 e. The quantitative estimate of drug-likeness (QED) is 0.601. The number of amides is 1. The molecular formula is C10H21N3O. The van der Waals surface area contributed by atoms with Crippen molar-refractivity contribution < 1.29 is 4.79 Å². The van der Waals surface area contributed by atoms with Gasteiger partial charge in [0, 0.05) is 24.5 Å². The number of hydrogen-bond acceptors (Lipinski definition) is 3. The monoisotopic (exact) mass is 199 g/mol. The lowest BCUT2D eigenvalue weighted by Crippen LogP contribution is -2.42. The van der Waals surface area contributed by atoms with E-state index in [2.05, 4.69) is 5.32 Å². The van der Waals surface area contributed by atoms with E-state index < -0.39 is 0 Å². The van der Waals surface area contributed by atoms with Crippen molar-refractivity contribution in [1.82, 2.24) is 5.32 Å². The molecule has 0 aromatic carbocycles. The van der Waals surface area contributed by atoms with Gasteiger partial charge in [-0.15, -0.1) is 0 Å². The van der Waals surface area contributed by atoms with Gasteiger partial charge in [0.25, 0.3) is 0 Å². The van der Waals surface area contributed by atoms with Crippen molar-refractivity contribution in [2.45, 2.75) is 57.2 Å². The van der Waals surface area contributed by atoms with Crippen LogP contribution in [0.2, 0.25) is 0 Å². The minimum absolute atomic E-state index is 0.187. The third-order valence-corrected chi connectivity index (χ3v) is 2.80. The summed E-state index contributed by atoms with van der Waals surface area (Å²) in [5.41, 5.74) is 10.9. The number of rotatable bonds is 4. The lowest BCUT2D eigenvalue weighted by atomic mass is 9.91. The van der Waals surface area contributed by atoms with Gasteiger partial charge >= 0.3 is 0 Å². The second-order valence-electron chi connectivity index (χ2n) is 4.35. The summed E-state index contributed by atoms with van der Waals surface area (Å²) in [7, 11) is 0. The van der Waals surface area contributed by atoms with E-state index in [1.807, 2.05) is 6.92 Å². The molecule has 1 aliphatic rings. The molecule has 0 spiro atoms. The predicted molar refractivity (Wildman–Crippen MR) is 56.6 cm³/mol. The maximum Gasteiger partial charge on any atom is 0.218 e. The summed E-state index contributed by atoms with van der Waals surface area (Å²) in [6.45, 7) is 2.00. The summed E-state index contributed by atoms with van der Waals surface area (Å²) in [5.74, 6) is -0.238. The Kier molecular flexibility index (Phi) is 4.35. The number of hydrogen-bond donors (Lipinski definition) is 3. The molecule has 0 aliphatic heterocycles. The first-order valence-corrected chi connectivity index (χ1v) is 5.38. The summed E-state index contributed by atoms with van der Waals surface area (Å²) < 4.78 is 0. The first-order valence-electron chi connectivity index (χ1n) is 5.38. The Balaban J connectivity index is 2.20. The van der Waals surface area contributed by atoms with Crippen molar-refractivity contribution in [2.75, 3.05) is 0 Å². The third kappa shape index (κ3) is 4.07. The molecule has 0 heterocycles. The molecule has 1 atom stereocenters. The molecule has 0 aromatic heterocycles. The number of primary amides is 1. The molecule has 82 valence electrons. The largest absolute Gasteiger partial charge is 0.370 e. The van der Waals surface area contributed by atoms with E-state index in [0.29, 0.717) is 18.5 Å². The Morgan fingerprint density at radius 2 is 2.00 bits per heavy atom. The van der Waals surface area contributed by atoms with Crippen LogP contribution in [0.15, 0.2) is 0 Å². The van der Waals surface area contributed by atoms with Crippen molar-refractivity contribution in [3.63, 3.8) is 0 Å². The molecule has 1 saturated carbocycles. The highest BCUT2D eigenvalue weighted by molar-refractivity contribution is 5.74. The zero-order valence-corrected chi connectivity index (χ0v) is 8.83. The smallest absolute Gasteiger partial charge is 0.218 e. The fourth-order valence-corrected chi connectivity index (χ4v) is 2.05. The van der Waals surface area contributed by atoms with Crippen molar-refractivity contribution in [3.05, 3.63) is 0 Å². The van der Waals surface area contributed by atoms with Gasteiger partial charge in [-0.2, -0.15) is 0 Å². The van der Waals surface area contributed by atoms with Gasteiger partial charge in [0.2, 0.25) is 5.91 Å². The van der Waals surface area contributed by atoms with Crippen LogP contribution < -0.4 is 16.8 Å². The molecule has 4 heteroatoms. The van der Waals surface area contributed by atoms with Crippen LogP contribution in [-0.4, -0.2) is 24.0 Å². The normalized spacial score (nSPS) is 29.9. The molecule has 1 rings (SSSR count). The Morgan fingerprint density at radius 1 is 1.43 bits per heavy atom. The fraction of sp³-hybridized carbons (Fsp3) is 0.900. The van der Waals surface area contributed by atoms with Crippen molar-refractivity contribution >= 4 is 5.91 Å². The average Bonchev–Trinajstić information content (AvgIpc) is 2.07. The molecule has 14 heavy (non-hydrogen) atoms. The molecule has 0 bridgehead atoms. The first-order chi connectivity index (χ1) is 6.58. The van der Waals surface area contributed by atoms with E-state index in [1.54, 1.807) is 0 Å². The predicted octanol–water partition coefficient (Wildman–Crippen LogP) is 0.110. The first kappa shape index (κ1) is 11.5. The molecule has 1 fully saturated rings. The lowest BCUT2D eigenvalue weighted by molar-refractivity contribution is -0.118. The van der Waals surface area contributed by atoms with Gasteiger partial charge in [0.1, 0.15) is 0 Å². The zero-order valence-electron chi connectivity index (χ0n) is 8.83. The SMILES string of the molecule is CC(CC(N)=O)NC1CCC(N)CC1. The highest BCUT2D eigenvalue weighted by Crippen LogP contribution is 2.17. The van der Waals surface area contributed by atoms with E-state index in [0.717, 1.165) is 25.7 Å². The molecule has 1 aliphatic carbocycles. The van der Waals surface area contributed by atoms with Gasteiger partial charge < -0.3 is 16.8 Å². The molecule has 1 amide bonds. The third-order valence-electron chi connectivity index (χ3n) is 2.80. The van der Waals surface area contributed by atoms with E-state index in [-0.39, 0.29) is 11.9 Å². The highest BCUT2D eigenvalue weighted by atomic mass is 16.1. The van der Waals surface area contributed by atoms with E-state index in [9.17, 15) is 4.79 Å². The standard InChI is InChI=1S/C10H21N3O/c1-7(6-10(12)14)13-9-4-2-8(11)3-5-9/h7-9,13H,2-6,11H2,1H3,(H2,12,14). The molecule has 0 aromatic rings. The van der Waals surface area contributed by atoms with Crippen LogP contribution in [0.1, 0.15) is 39.0 Å². The van der Waals surface area contributed by atoms with Gasteiger partial charge in [-0.3, -0.25) is 4.79 Å². The molecular weight excluding hydrogens is 178 g/mol. The average molecular weight is 199 g/mol. The van der Waals surface area contributed by atoms with Crippen molar-refractivity contribution in [2.24, 2.45) is 11.5 Å². The van der Waals surface area contributed by atoms with Gasteiger partial charge in [-0.1, -0.05) is 0 Å². The Labute approximate surface area is 85.4 Å². The summed E-state index contributed by atoms with van der Waals surface area (Å²) in [4.78, 5) is 10.7. The van der Waals surface area contributed by atoms with Crippen LogP contribution in [0.3, 0.4) is 0 Å². The summed E-state index contributed by atoms with van der Waals surface area (Å²) in [5, 5.41) is 3.41.